The zero-order valence-electron chi connectivity index (χ0n) is 21.5. The van der Waals surface area contributed by atoms with Crippen LogP contribution in [0.5, 0.6) is 0 Å². The number of nitrogens with zero attached hydrogens (tertiary/aromatic N) is 3. The highest BCUT2D eigenvalue weighted by atomic mass is 19.4. The van der Waals surface area contributed by atoms with E-state index in [-0.39, 0.29) is 11.9 Å². The molecule has 0 saturated heterocycles. The Bertz CT molecular complexity index is 914. The number of methoxy groups -OCH3 is 1. The summed E-state index contributed by atoms with van der Waals surface area (Å²) in [6.07, 6.45) is -8.34. The first-order chi connectivity index (χ1) is 17.3. The van der Waals surface area contributed by atoms with Crippen LogP contribution in [0.15, 0.2) is 6.07 Å². The minimum Gasteiger partial charge on any atom is -0.475 e. The van der Waals surface area contributed by atoms with Gasteiger partial charge in [-0.25, -0.2) is 14.6 Å². The first-order valence-corrected chi connectivity index (χ1v) is 11.1. The van der Waals surface area contributed by atoms with Crippen LogP contribution in [0.2, 0.25) is 0 Å². The van der Waals surface area contributed by atoms with Crippen molar-refractivity contribution in [3.8, 4) is 0 Å². The lowest BCUT2D eigenvalue weighted by Crippen LogP contribution is -2.32. The van der Waals surface area contributed by atoms with Crippen LogP contribution in [0.3, 0.4) is 0 Å². The molecule has 1 aliphatic rings. The van der Waals surface area contributed by atoms with E-state index < -0.39 is 24.3 Å². The Balaban J connectivity index is 0.000000804. The molecular formula is C22H32F6N4O6. The molecule has 16 heteroatoms. The van der Waals surface area contributed by atoms with Gasteiger partial charge >= 0.3 is 24.3 Å². The van der Waals surface area contributed by atoms with E-state index in [1.807, 2.05) is 38.9 Å². The van der Waals surface area contributed by atoms with Crippen LogP contribution in [-0.2, 0) is 27.2 Å². The second-order valence-electron chi connectivity index (χ2n) is 8.43. The van der Waals surface area contributed by atoms with E-state index in [9.17, 15) is 31.1 Å². The molecule has 0 unspecified atom stereocenters. The zero-order chi connectivity index (χ0) is 29.8. The molecule has 0 saturated carbocycles. The number of carboxylic acids is 2. The molecule has 0 aliphatic carbocycles. The Morgan fingerprint density at radius 2 is 1.53 bits per heavy atom. The number of hydrogen-bond donors (Lipinski definition) is 3. The van der Waals surface area contributed by atoms with Gasteiger partial charge in [-0.3, -0.25) is 4.79 Å². The van der Waals surface area contributed by atoms with Gasteiger partial charge in [0.15, 0.2) is 0 Å². The van der Waals surface area contributed by atoms with Crippen LogP contribution in [0, 0.1) is 0 Å². The highest BCUT2D eigenvalue weighted by Gasteiger charge is 2.38. The van der Waals surface area contributed by atoms with Gasteiger partial charge in [-0.15, -0.1) is 0 Å². The summed E-state index contributed by atoms with van der Waals surface area (Å²) in [5.74, 6) is -4.82. The molecule has 1 aromatic rings. The number of aromatic nitrogens is 1. The van der Waals surface area contributed by atoms with Gasteiger partial charge < -0.3 is 30.1 Å². The summed E-state index contributed by atoms with van der Waals surface area (Å²) in [6.45, 7) is 7.58. The van der Waals surface area contributed by atoms with Crippen molar-refractivity contribution in [1.82, 2.24) is 15.2 Å². The van der Waals surface area contributed by atoms with Crippen molar-refractivity contribution >= 4 is 23.7 Å². The number of carbonyl (C=O) groups is 3. The number of carbonyl (C=O) groups excluding carboxylic acids is 1. The van der Waals surface area contributed by atoms with Gasteiger partial charge in [0, 0.05) is 59.0 Å². The van der Waals surface area contributed by atoms with E-state index >= 15 is 0 Å². The number of anilines is 1. The Morgan fingerprint density at radius 3 is 1.92 bits per heavy atom. The summed E-state index contributed by atoms with van der Waals surface area (Å²) in [4.78, 5) is 39.5. The van der Waals surface area contributed by atoms with Gasteiger partial charge in [0.25, 0.3) is 5.91 Å². The fourth-order valence-electron chi connectivity index (χ4n) is 2.96. The molecule has 38 heavy (non-hydrogen) atoms. The summed E-state index contributed by atoms with van der Waals surface area (Å²) >= 11 is 0. The molecule has 10 nitrogen and oxygen atoms in total. The van der Waals surface area contributed by atoms with Gasteiger partial charge in [-0.1, -0.05) is 0 Å². The van der Waals surface area contributed by atoms with E-state index in [0.717, 1.165) is 50.6 Å². The van der Waals surface area contributed by atoms with Gasteiger partial charge in [-0.2, -0.15) is 26.3 Å². The summed E-state index contributed by atoms with van der Waals surface area (Å²) < 4.78 is 68.7. The number of amides is 1. The third-order valence-electron chi connectivity index (χ3n) is 4.72. The number of hydrogen-bond acceptors (Lipinski definition) is 7. The Hall–Kier alpha value is -3.14. The first kappa shape index (κ1) is 34.9. The van der Waals surface area contributed by atoms with Gasteiger partial charge in [0.05, 0.1) is 12.2 Å². The highest BCUT2D eigenvalue weighted by Crippen LogP contribution is 2.23. The quantitative estimate of drug-likeness (QED) is 0.448. The van der Waals surface area contributed by atoms with Gasteiger partial charge in [0.2, 0.25) is 0 Å². The van der Waals surface area contributed by atoms with Crippen LogP contribution >= 0.6 is 0 Å². The first-order valence-electron chi connectivity index (χ1n) is 11.1. The van der Waals surface area contributed by atoms with Crippen LogP contribution < -0.4 is 10.2 Å². The molecule has 0 bridgehead atoms. The van der Waals surface area contributed by atoms with E-state index in [4.69, 9.17) is 29.5 Å². The van der Waals surface area contributed by atoms with Crippen LogP contribution in [-0.4, -0.2) is 104 Å². The number of aliphatic carboxylic acids is 2. The summed E-state index contributed by atoms with van der Waals surface area (Å²) in [7, 11) is 5.60. The average molecular weight is 563 g/mol. The summed E-state index contributed by atoms with van der Waals surface area (Å²) in [6, 6.07) is 2.14. The standard InChI is InChI=1S/C18H30N4O2.2C2HF3O2/c1-13(2)19-18(23)15-12-14-6-8-22(10-11-24-5)9-7-16(14)20-17(15)21(3)4;2*3-2(4,5)1(6)7/h12-13H,6-11H2,1-5H3,(H,19,23);2*(H,6,7). The van der Waals surface area contributed by atoms with Crippen molar-refractivity contribution in [1.29, 1.82) is 0 Å². The Kier molecular flexibility index (Phi) is 14.0. The molecule has 1 aromatic heterocycles. The molecule has 1 amide bonds. The molecule has 1 aliphatic heterocycles. The molecular weight excluding hydrogens is 530 g/mol. The zero-order valence-corrected chi connectivity index (χ0v) is 21.5. The summed E-state index contributed by atoms with van der Waals surface area (Å²) in [5, 5.41) is 17.2. The number of ether oxygens (including phenoxy) is 1. The maximum absolute atomic E-state index is 12.6. The molecule has 0 fully saturated rings. The average Bonchev–Trinajstić information content (AvgIpc) is 2.97. The maximum atomic E-state index is 12.6. The second kappa shape index (κ2) is 15.3. The number of fused-ring (bicyclic) bond motifs is 1. The van der Waals surface area contributed by atoms with E-state index in [0.29, 0.717) is 5.56 Å². The third-order valence-corrected chi connectivity index (χ3v) is 4.72. The van der Waals surface area contributed by atoms with E-state index in [2.05, 4.69) is 10.2 Å². The van der Waals surface area contributed by atoms with Crippen molar-refractivity contribution in [2.24, 2.45) is 0 Å². The van der Waals surface area contributed by atoms with Crippen molar-refractivity contribution in [3.05, 3.63) is 22.9 Å². The predicted octanol–water partition coefficient (Wildman–Crippen LogP) is 2.60. The number of rotatable bonds is 6. The normalized spacial score (nSPS) is 13.7. The van der Waals surface area contributed by atoms with Crippen molar-refractivity contribution in [3.63, 3.8) is 0 Å². The minimum absolute atomic E-state index is 0.0514. The SMILES string of the molecule is COCCN1CCc2cc(C(=O)NC(C)C)c(N(C)C)nc2CC1.O=C(O)C(F)(F)F.O=C(O)C(F)(F)F. The lowest BCUT2D eigenvalue weighted by atomic mass is 10.0. The Labute approximate surface area is 215 Å². The number of pyridine rings is 1. The number of carboxylic acid groups (broad SMARTS) is 2. The number of nitrogens with one attached hydrogen (secondary N) is 1. The second-order valence-corrected chi connectivity index (χ2v) is 8.43. The lowest BCUT2D eigenvalue weighted by Gasteiger charge is -2.19. The Morgan fingerprint density at radius 1 is 1.05 bits per heavy atom. The van der Waals surface area contributed by atoms with Crippen molar-refractivity contribution in [2.75, 3.05) is 52.3 Å². The predicted molar refractivity (Wildman–Crippen MR) is 124 cm³/mol. The smallest absolute Gasteiger partial charge is 0.475 e. The fourth-order valence-corrected chi connectivity index (χ4v) is 2.96. The minimum atomic E-state index is -5.08. The molecule has 3 N–H and O–H groups in total. The molecule has 0 spiro atoms. The summed E-state index contributed by atoms with van der Waals surface area (Å²) in [5.41, 5.74) is 2.96. The van der Waals surface area contributed by atoms with Gasteiger partial charge in [-0.05, 0) is 31.9 Å². The fraction of sp³-hybridized carbons (Fsp3) is 0.636. The molecule has 0 aromatic carbocycles. The monoisotopic (exact) mass is 562 g/mol. The third kappa shape index (κ3) is 12.9. The molecule has 0 radical (unpaired) electrons. The van der Waals surface area contributed by atoms with E-state index in [1.54, 1.807) is 7.11 Å². The van der Waals surface area contributed by atoms with Crippen LogP contribution in [0.1, 0.15) is 35.5 Å². The van der Waals surface area contributed by atoms with Crippen molar-refractivity contribution in [2.45, 2.75) is 45.1 Å². The van der Waals surface area contributed by atoms with E-state index in [1.165, 1.54) is 5.56 Å². The van der Waals surface area contributed by atoms with Crippen LogP contribution in [0.25, 0.3) is 0 Å². The number of halogens is 6. The van der Waals surface area contributed by atoms with Crippen LogP contribution in [0.4, 0.5) is 32.2 Å². The largest absolute Gasteiger partial charge is 0.490 e. The van der Waals surface area contributed by atoms with Gasteiger partial charge in [0.1, 0.15) is 5.82 Å². The number of alkyl halides is 6. The molecule has 0 atom stereocenters. The van der Waals surface area contributed by atoms with Crippen molar-refractivity contribution < 1.29 is 55.7 Å². The molecule has 2 heterocycles. The maximum Gasteiger partial charge on any atom is 0.490 e. The topological polar surface area (TPSA) is 132 Å². The highest BCUT2D eigenvalue weighted by molar-refractivity contribution is 5.99. The lowest BCUT2D eigenvalue weighted by molar-refractivity contribution is -0.193. The molecule has 2 rings (SSSR count). The molecule has 218 valence electrons.